The van der Waals surface area contributed by atoms with Gasteiger partial charge in [0.15, 0.2) is 5.82 Å². The molecule has 4 nitrogen and oxygen atoms in total. The highest BCUT2D eigenvalue weighted by Gasteiger charge is 2.17. The summed E-state index contributed by atoms with van der Waals surface area (Å²) in [5.41, 5.74) is 5.99. The highest BCUT2D eigenvalue weighted by Crippen LogP contribution is 2.25. The van der Waals surface area contributed by atoms with Gasteiger partial charge in [-0.15, -0.1) is 10.2 Å². The summed E-state index contributed by atoms with van der Waals surface area (Å²) in [6, 6.07) is 4.39. The molecule has 0 aliphatic heterocycles. The lowest BCUT2D eigenvalue weighted by molar-refractivity contribution is 0.509. The van der Waals surface area contributed by atoms with Gasteiger partial charge in [-0.3, -0.25) is 0 Å². The Kier molecular flexibility index (Phi) is 4.17. The Hall–Kier alpha value is -1.46. The maximum Gasteiger partial charge on any atom is 0.167 e. The molecule has 1 aromatic heterocycles. The molecule has 0 aliphatic carbocycles. The Morgan fingerprint density at radius 1 is 1.37 bits per heavy atom. The smallest absolute Gasteiger partial charge is 0.167 e. The first-order valence-corrected chi connectivity index (χ1v) is 6.48. The first-order valence-electron chi connectivity index (χ1n) is 6.10. The number of hydrogen-bond acceptors (Lipinski definition) is 3. The van der Waals surface area contributed by atoms with Gasteiger partial charge in [0.1, 0.15) is 11.6 Å². The average Bonchev–Trinajstić information content (AvgIpc) is 2.74. The maximum absolute atomic E-state index is 13.9. The highest BCUT2D eigenvalue weighted by molar-refractivity contribution is 6.30. The van der Waals surface area contributed by atoms with Gasteiger partial charge in [0, 0.05) is 11.6 Å². The van der Waals surface area contributed by atoms with Crippen molar-refractivity contribution < 1.29 is 4.39 Å². The fraction of sp³-hybridized carbons (Fsp3) is 0.385. The summed E-state index contributed by atoms with van der Waals surface area (Å²) in [5.74, 6) is 1.12. The van der Waals surface area contributed by atoms with Gasteiger partial charge in [-0.2, -0.15) is 0 Å². The molecule has 1 heterocycles. The molecule has 0 saturated carbocycles. The maximum atomic E-state index is 13.9. The summed E-state index contributed by atoms with van der Waals surface area (Å²) in [6.07, 6.45) is 0. The van der Waals surface area contributed by atoms with E-state index in [0.717, 1.165) is 0 Å². The molecule has 1 aromatic carbocycles. The third-order valence-corrected chi connectivity index (χ3v) is 2.96. The van der Waals surface area contributed by atoms with Crippen LogP contribution in [-0.4, -0.2) is 14.8 Å². The van der Waals surface area contributed by atoms with E-state index in [0.29, 0.717) is 34.7 Å². The van der Waals surface area contributed by atoms with Gasteiger partial charge in [0.25, 0.3) is 0 Å². The van der Waals surface area contributed by atoms with Crippen LogP contribution in [0.3, 0.4) is 0 Å². The predicted octanol–water partition coefficient (Wildman–Crippen LogP) is 2.85. The Morgan fingerprint density at radius 3 is 2.74 bits per heavy atom. The van der Waals surface area contributed by atoms with E-state index in [4.69, 9.17) is 17.3 Å². The summed E-state index contributed by atoms with van der Waals surface area (Å²) < 4.78 is 15.8. The Labute approximate surface area is 116 Å². The molecule has 2 rings (SSSR count). The van der Waals surface area contributed by atoms with Crippen LogP contribution in [0.1, 0.15) is 19.7 Å². The van der Waals surface area contributed by atoms with Crippen LogP contribution in [0.25, 0.3) is 11.4 Å². The molecular formula is C13H16ClFN4. The van der Waals surface area contributed by atoms with Crippen LogP contribution in [0.5, 0.6) is 0 Å². The minimum Gasteiger partial charge on any atom is -0.324 e. The molecule has 2 aromatic rings. The van der Waals surface area contributed by atoms with Crippen LogP contribution in [0.4, 0.5) is 4.39 Å². The fourth-order valence-electron chi connectivity index (χ4n) is 1.91. The minimum absolute atomic E-state index is 0.266. The van der Waals surface area contributed by atoms with E-state index in [1.165, 1.54) is 12.1 Å². The summed E-state index contributed by atoms with van der Waals surface area (Å²) >= 11 is 5.92. The van der Waals surface area contributed by atoms with Crippen molar-refractivity contribution in [2.24, 2.45) is 11.7 Å². The van der Waals surface area contributed by atoms with Crippen molar-refractivity contribution in [1.29, 1.82) is 0 Å². The SMILES string of the molecule is CC(C)Cn1c(CN)nnc1-c1cc(Cl)ccc1F. The van der Waals surface area contributed by atoms with Gasteiger partial charge < -0.3 is 10.3 Å². The van der Waals surface area contributed by atoms with E-state index >= 15 is 0 Å². The fourth-order valence-corrected chi connectivity index (χ4v) is 2.08. The van der Waals surface area contributed by atoms with Gasteiger partial charge in [-0.1, -0.05) is 25.4 Å². The van der Waals surface area contributed by atoms with E-state index in [-0.39, 0.29) is 12.4 Å². The molecule has 0 amide bonds. The summed E-state index contributed by atoms with van der Waals surface area (Å²) in [5, 5.41) is 8.52. The van der Waals surface area contributed by atoms with Crippen LogP contribution < -0.4 is 5.73 Å². The molecule has 19 heavy (non-hydrogen) atoms. The van der Waals surface area contributed by atoms with E-state index in [1.807, 2.05) is 4.57 Å². The van der Waals surface area contributed by atoms with E-state index in [1.54, 1.807) is 6.07 Å². The van der Waals surface area contributed by atoms with Gasteiger partial charge in [0.2, 0.25) is 0 Å². The lowest BCUT2D eigenvalue weighted by Gasteiger charge is -2.12. The standard InChI is InChI=1S/C13H16ClFN4/c1-8(2)7-19-12(6-16)17-18-13(19)10-5-9(14)3-4-11(10)15/h3-5,8H,6-7,16H2,1-2H3. The lowest BCUT2D eigenvalue weighted by Crippen LogP contribution is -2.13. The second-order valence-electron chi connectivity index (χ2n) is 4.77. The zero-order valence-corrected chi connectivity index (χ0v) is 11.7. The van der Waals surface area contributed by atoms with Crippen LogP contribution in [0.2, 0.25) is 5.02 Å². The third kappa shape index (κ3) is 2.93. The van der Waals surface area contributed by atoms with Gasteiger partial charge in [0.05, 0.1) is 12.1 Å². The van der Waals surface area contributed by atoms with E-state index in [9.17, 15) is 4.39 Å². The minimum atomic E-state index is -0.370. The Bertz CT molecular complexity index is 580. The third-order valence-electron chi connectivity index (χ3n) is 2.73. The molecule has 102 valence electrons. The van der Waals surface area contributed by atoms with Crippen molar-refractivity contribution in [2.75, 3.05) is 0 Å². The number of aromatic nitrogens is 3. The molecule has 0 spiro atoms. The van der Waals surface area contributed by atoms with Gasteiger partial charge >= 0.3 is 0 Å². The summed E-state index contributed by atoms with van der Waals surface area (Å²) in [7, 11) is 0. The van der Waals surface area contributed by atoms with Crippen molar-refractivity contribution in [2.45, 2.75) is 26.9 Å². The first-order chi connectivity index (χ1) is 9.02. The van der Waals surface area contributed by atoms with Crippen molar-refractivity contribution in [3.8, 4) is 11.4 Å². The quantitative estimate of drug-likeness (QED) is 0.938. The second kappa shape index (κ2) is 5.67. The second-order valence-corrected chi connectivity index (χ2v) is 5.21. The number of rotatable bonds is 4. The molecule has 0 unspecified atom stereocenters. The topological polar surface area (TPSA) is 56.7 Å². The summed E-state index contributed by atoms with van der Waals surface area (Å²) in [4.78, 5) is 0. The molecule has 0 atom stereocenters. The van der Waals surface area contributed by atoms with Crippen LogP contribution in [0.15, 0.2) is 18.2 Å². The number of nitrogens with zero attached hydrogens (tertiary/aromatic N) is 3. The van der Waals surface area contributed by atoms with Crippen LogP contribution in [0, 0.1) is 11.7 Å². The average molecular weight is 283 g/mol. The van der Waals surface area contributed by atoms with Crippen molar-refractivity contribution in [1.82, 2.24) is 14.8 Å². The first kappa shape index (κ1) is 14.0. The van der Waals surface area contributed by atoms with Crippen molar-refractivity contribution in [3.05, 3.63) is 34.9 Å². The zero-order chi connectivity index (χ0) is 14.0. The largest absolute Gasteiger partial charge is 0.324 e. The number of benzene rings is 1. The van der Waals surface area contributed by atoms with Gasteiger partial charge in [-0.05, 0) is 24.1 Å². The molecular weight excluding hydrogens is 267 g/mol. The molecule has 6 heteroatoms. The monoisotopic (exact) mass is 282 g/mol. The highest BCUT2D eigenvalue weighted by atomic mass is 35.5. The number of halogens is 2. The number of hydrogen-bond donors (Lipinski definition) is 1. The molecule has 0 fully saturated rings. The van der Waals surface area contributed by atoms with E-state index in [2.05, 4.69) is 24.0 Å². The molecule has 0 bridgehead atoms. The Balaban J connectivity index is 2.55. The zero-order valence-electron chi connectivity index (χ0n) is 10.9. The van der Waals surface area contributed by atoms with Gasteiger partial charge in [-0.25, -0.2) is 4.39 Å². The lowest BCUT2D eigenvalue weighted by atomic mass is 10.1. The van der Waals surface area contributed by atoms with Crippen LogP contribution in [-0.2, 0) is 13.1 Å². The molecule has 2 N–H and O–H groups in total. The van der Waals surface area contributed by atoms with Crippen LogP contribution >= 0.6 is 11.6 Å². The van der Waals surface area contributed by atoms with E-state index < -0.39 is 0 Å². The molecule has 0 radical (unpaired) electrons. The normalized spacial score (nSPS) is 11.3. The molecule has 0 aliphatic rings. The Morgan fingerprint density at radius 2 is 2.11 bits per heavy atom. The summed E-state index contributed by atoms with van der Waals surface area (Å²) in [6.45, 7) is 5.08. The number of nitrogens with two attached hydrogens (primary N) is 1. The molecule has 0 saturated heterocycles. The predicted molar refractivity (Wildman–Crippen MR) is 73.2 cm³/mol. The van der Waals surface area contributed by atoms with Crippen molar-refractivity contribution >= 4 is 11.6 Å². The van der Waals surface area contributed by atoms with Crippen molar-refractivity contribution in [3.63, 3.8) is 0 Å².